The Morgan fingerprint density at radius 2 is 1.83 bits per heavy atom. The van der Waals surface area contributed by atoms with E-state index in [1.54, 1.807) is 12.3 Å². The monoisotopic (exact) mass is 382 g/mol. The van der Waals surface area contributed by atoms with Gasteiger partial charge in [0.25, 0.3) is 5.91 Å². The van der Waals surface area contributed by atoms with E-state index in [1.165, 1.54) is 0 Å². The van der Waals surface area contributed by atoms with E-state index in [2.05, 4.69) is 36.5 Å². The Balaban J connectivity index is 1.76. The summed E-state index contributed by atoms with van der Waals surface area (Å²) in [5, 5.41) is 5.91. The quantitative estimate of drug-likeness (QED) is 0.694. The molecule has 1 heterocycles. The van der Waals surface area contributed by atoms with Gasteiger partial charge in [0, 0.05) is 22.0 Å². The summed E-state index contributed by atoms with van der Waals surface area (Å²) in [6, 6.07) is 16.7. The number of benzene rings is 2. The van der Waals surface area contributed by atoms with Crippen LogP contribution in [0.5, 0.6) is 0 Å². The van der Waals surface area contributed by atoms with E-state index in [9.17, 15) is 4.79 Å². The van der Waals surface area contributed by atoms with Crippen LogP contribution in [0.2, 0.25) is 0 Å². The molecule has 0 fully saturated rings. The molecule has 1 aromatic heterocycles. The highest BCUT2D eigenvalue weighted by atomic mass is 79.9. The maximum atomic E-state index is 12.3. The molecule has 0 radical (unpaired) electrons. The molecule has 120 valence electrons. The topological polar surface area (TPSA) is 66.9 Å². The number of halogens is 1. The molecule has 0 aliphatic rings. The largest absolute Gasteiger partial charge is 0.324 e. The number of nitrogens with zero attached hydrogens (tertiary/aromatic N) is 2. The highest BCUT2D eigenvalue weighted by molar-refractivity contribution is 9.10. The first-order chi connectivity index (χ1) is 11.6. The van der Waals surface area contributed by atoms with Crippen molar-refractivity contribution in [3.63, 3.8) is 0 Å². The summed E-state index contributed by atoms with van der Waals surface area (Å²) in [5.41, 5.74) is 2.97. The number of aromatic nitrogens is 2. The zero-order chi connectivity index (χ0) is 16.9. The lowest BCUT2D eigenvalue weighted by atomic mass is 10.2. The van der Waals surface area contributed by atoms with Crippen molar-refractivity contribution < 1.29 is 4.79 Å². The second-order valence-electron chi connectivity index (χ2n) is 5.17. The fourth-order valence-electron chi connectivity index (χ4n) is 2.11. The molecule has 0 aliphatic heterocycles. The Bertz CT molecular complexity index is 868. The van der Waals surface area contributed by atoms with Gasteiger partial charge in [-0.05, 0) is 48.9 Å². The smallest absolute Gasteiger partial charge is 0.274 e. The van der Waals surface area contributed by atoms with Crippen LogP contribution in [0.4, 0.5) is 17.3 Å². The van der Waals surface area contributed by atoms with E-state index in [4.69, 9.17) is 0 Å². The van der Waals surface area contributed by atoms with E-state index in [-0.39, 0.29) is 5.91 Å². The molecule has 2 aromatic carbocycles. The van der Waals surface area contributed by atoms with Crippen molar-refractivity contribution >= 4 is 39.2 Å². The first-order valence-electron chi connectivity index (χ1n) is 7.34. The van der Waals surface area contributed by atoms with Crippen molar-refractivity contribution in [1.82, 2.24) is 9.97 Å². The average molecular weight is 383 g/mol. The van der Waals surface area contributed by atoms with Crippen LogP contribution in [-0.2, 0) is 0 Å². The molecule has 6 heteroatoms. The van der Waals surface area contributed by atoms with Gasteiger partial charge in [0.05, 0.1) is 0 Å². The second-order valence-corrected chi connectivity index (χ2v) is 6.03. The predicted octanol–water partition coefficient (Wildman–Crippen LogP) is 4.54. The number of aryl methyl sites for hydroxylation is 1. The molecule has 24 heavy (non-hydrogen) atoms. The third-order valence-corrected chi connectivity index (χ3v) is 4.22. The number of rotatable bonds is 4. The molecular weight excluding hydrogens is 368 g/mol. The zero-order valence-corrected chi connectivity index (χ0v) is 14.5. The van der Waals surface area contributed by atoms with Crippen molar-refractivity contribution in [1.29, 1.82) is 0 Å². The second kappa shape index (κ2) is 7.23. The Labute approximate surface area is 148 Å². The van der Waals surface area contributed by atoms with Gasteiger partial charge < -0.3 is 10.6 Å². The lowest BCUT2D eigenvalue weighted by molar-refractivity contribution is 0.102. The van der Waals surface area contributed by atoms with Crippen LogP contribution in [0.3, 0.4) is 0 Å². The van der Waals surface area contributed by atoms with Crippen molar-refractivity contribution in [3.8, 4) is 0 Å². The van der Waals surface area contributed by atoms with Crippen LogP contribution in [0.25, 0.3) is 0 Å². The Hall–Kier alpha value is -2.73. The minimum atomic E-state index is -0.279. The summed E-state index contributed by atoms with van der Waals surface area (Å²) in [5.74, 6) is 0.0936. The van der Waals surface area contributed by atoms with Gasteiger partial charge in [-0.3, -0.25) is 4.79 Å². The molecule has 0 atom stereocenters. The van der Waals surface area contributed by atoms with Gasteiger partial charge in [0.15, 0.2) is 0 Å². The van der Waals surface area contributed by atoms with E-state index in [0.29, 0.717) is 11.6 Å². The molecule has 5 nitrogen and oxygen atoms in total. The zero-order valence-electron chi connectivity index (χ0n) is 13.0. The summed E-state index contributed by atoms with van der Waals surface area (Å²) in [6.07, 6.45) is 1.56. The lowest BCUT2D eigenvalue weighted by Gasteiger charge is -2.08. The van der Waals surface area contributed by atoms with E-state index >= 15 is 0 Å². The fourth-order valence-corrected chi connectivity index (χ4v) is 2.36. The van der Waals surface area contributed by atoms with Gasteiger partial charge in [-0.2, -0.15) is 0 Å². The molecule has 0 bridgehead atoms. The minimum Gasteiger partial charge on any atom is -0.324 e. The van der Waals surface area contributed by atoms with E-state index in [0.717, 1.165) is 21.4 Å². The van der Waals surface area contributed by atoms with Gasteiger partial charge >= 0.3 is 0 Å². The first-order valence-corrected chi connectivity index (χ1v) is 8.14. The number of hydrogen-bond acceptors (Lipinski definition) is 4. The SMILES string of the molecule is Cc1cc(Nc2nccc(C(=O)Nc3ccccc3)n2)ccc1Br. The third-order valence-electron chi connectivity index (χ3n) is 3.33. The summed E-state index contributed by atoms with van der Waals surface area (Å²) >= 11 is 3.47. The average Bonchev–Trinajstić information content (AvgIpc) is 2.59. The van der Waals surface area contributed by atoms with E-state index in [1.807, 2.05) is 55.5 Å². The fraction of sp³-hybridized carbons (Fsp3) is 0.0556. The number of hydrogen-bond donors (Lipinski definition) is 2. The number of para-hydroxylation sites is 1. The summed E-state index contributed by atoms with van der Waals surface area (Å²) in [6.45, 7) is 2.00. The van der Waals surface area contributed by atoms with Crippen LogP contribution >= 0.6 is 15.9 Å². The molecule has 0 spiro atoms. The molecule has 0 saturated carbocycles. The maximum absolute atomic E-state index is 12.3. The summed E-state index contributed by atoms with van der Waals surface area (Å²) < 4.78 is 1.03. The summed E-state index contributed by atoms with van der Waals surface area (Å²) in [4.78, 5) is 20.7. The van der Waals surface area contributed by atoms with Gasteiger partial charge in [-0.1, -0.05) is 34.1 Å². The molecule has 3 aromatic rings. The van der Waals surface area contributed by atoms with E-state index < -0.39 is 0 Å². The minimum absolute atomic E-state index is 0.279. The normalized spacial score (nSPS) is 10.2. The molecule has 0 unspecified atom stereocenters. The lowest BCUT2D eigenvalue weighted by Crippen LogP contribution is -2.14. The molecule has 2 N–H and O–H groups in total. The maximum Gasteiger partial charge on any atom is 0.274 e. The van der Waals surface area contributed by atoms with Crippen molar-refractivity contribution in [2.75, 3.05) is 10.6 Å². The molecule has 0 aliphatic carbocycles. The van der Waals surface area contributed by atoms with Crippen LogP contribution < -0.4 is 10.6 Å². The van der Waals surface area contributed by atoms with Gasteiger partial charge in [-0.25, -0.2) is 9.97 Å². The van der Waals surface area contributed by atoms with Crippen LogP contribution in [0, 0.1) is 6.92 Å². The molecular formula is C18H15BrN4O. The van der Waals surface area contributed by atoms with Gasteiger partial charge in [0.2, 0.25) is 5.95 Å². The summed E-state index contributed by atoms with van der Waals surface area (Å²) in [7, 11) is 0. The molecule has 0 saturated heterocycles. The standard InChI is InChI=1S/C18H15BrN4O/c1-12-11-14(7-8-15(12)19)22-18-20-10-9-16(23-18)17(24)21-13-5-3-2-4-6-13/h2-11H,1H3,(H,21,24)(H,20,22,23). The molecule has 1 amide bonds. The van der Waals surface area contributed by atoms with Crippen molar-refractivity contribution in [2.45, 2.75) is 6.92 Å². The Morgan fingerprint density at radius 3 is 2.58 bits per heavy atom. The number of nitrogens with one attached hydrogen (secondary N) is 2. The van der Waals surface area contributed by atoms with Crippen molar-refractivity contribution in [2.24, 2.45) is 0 Å². The Morgan fingerprint density at radius 1 is 1.04 bits per heavy atom. The third kappa shape index (κ3) is 3.97. The number of amides is 1. The number of carbonyl (C=O) groups is 1. The predicted molar refractivity (Wildman–Crippen MR) is 98.6 cm³/mol. The van der Waals surface area contributed by atoms with Crippen molar-refractivity contribution in [3.05, 3.63) is 76.5 Å². The van der Waals surface area contributed by atoms with Gasteiger partial charge in [-0.15, -0.1) is 0 Å². The van der Waals surface area contributed by atoms with Crippen LogP contribution in [0.1, 0.15) is 16.1 Å². The highest BCUT2D eigenvalue weighted by Crippen LogP contribution is 2.21. The Kier molecular flexibility index (Phi) is 4.86. The van der Waals surface area contributed by atoms with Crippen LogP contribution in [0.15, 0.2) is 65.3 Å². The molecule has 3 rings (SSSR count). The highest BCUT2D eigenvalue weighted by Gasteiger charge is 2.09. The first kappa shape index (κ1) is 16.1. The number of carbonyl (C=O) groups excluding carboxylic acids is 1. The van der Waals surface area contributed by atoms with Gasteiger partial charge in [0.1, 0.15) is 5.69 Å². The van der Waals surface area contributed by atoms with Crippen LogP contribution in [-0.4, -0.2) is 15.9 Å². The number of anilines is 3.